The van der Waals surface area contributed by atoms with Gasteiger partial charge in [-0.3, -0.25) is 0 Å². The van der Waals surface area contributed by atoms with Crippen LogP contribution in [0.3, 0.4) is 0 Å². The fraction of sp³-hybridized carbons (Fsp3) is 0.636. The van der Waals surface area contributed by atoms with E-state index in [1.165, 1.54) is 10.6 Å². The van der Waals surface area contributed by atoms with Gasteiger partial charge in [0.15, 0.2) is 0 Å². The molecule has 1 saturated heterocycles. The SMILES string of the molecule is Cc1nc(Cl)cc(C2CCCN(S(C)(=O)=O)C2)n1. The van der Waals surface area contributed by atoms with Crippen LogP contribution in [0.25, 0.3) is 0 Å². The summed E-state index contributed by atoms with van der Waals surface area (Å²) in [5.74, 6) is 0.724. The van der Waals surface area contributed by atoms with Gasteiger partial charge in [0, 0.05) is 24.7 Å². The minimum atomic E-state index is -3.13. The molecule has 100 valence electrons. The Labute approximate surface area is 112 Å². The molecule has 5 nitrogen and oxygen atoms in total. The zero-order valence-electron chi connectivity index (χ0n) is 10.4. The van der Waals surface area contributed by atoms with E-state index in [2.05, 4.69) is 9.97 Å². The van der Waals surface area contributed by atoms with Crippen molar-refractivity contribution in [3.8, 4) is 0 Å². The van der Waals surface area contributed by atoms with Gasteiger partial charge in [-0.15, -0.1) is 0 Å². The van der Waals surface area contributed by atoms with Crippen LogP contribution in [-0.4, -0.2) is 42.0 Å². The van der Waals surface area contributed by atoms with Gasteiger partial charge >= 0.3 is 0 Å². The van der Waals surface area contributed by atoms with Crippen LogP contribution in [0.5, 0.6) is 0 Å². The van der Waals surface area contributed by atoms with Crippen molar-refractivity contribution >= 4 is 21.6 Å². The smallest absolute Gasteiger partial charge is 0.211 e. The Morgan fingerprint density at radius 3 is 2.78 bits per heavy atom. The minimum Gasteiger partial charge on any atom is -0.238 e. The van der Waals surface area contributed by atoms with Gasteiger partial charge in [-0.25, -0.2) is 22.7 Å². The van der Waals surface area contributed by atoms with Crippen LogP contribution in [-0.2, 0) is 10.0 Å². The first-order chi connectivity index (χ1) is 8.36. The van der Waals surface area contributed by atoms with Crippen LogP contribution in [0.4, 0.5) is 0 Å². The van der Waals surface area contributed by atoms with Crippen molar-refractivity contribution in [1.82, 2.24) is 14.3 Å². The van der Waals surface area contributed by atoms with Crippen molar-refractivity contribution in [2.45, 2.75) is 25.7 Å². The summed E-state index contributed by atoms with van der Waals surface area (Å²) in [4.78, 5) is 8.38. The predicted octanol–water partition coefficient (Wildman–Crippen LogP) is 1.58. The van der Waals surface area contributed by atoms with E-state index in [9.17, 15) is 8.42 Å². The molecule has 1 aromatic heterocycles. The molecule has 0 amide bonds. The van der Waals surface area contributed by atoms with Gasteiger partial charge in [-0.2, -0.15) is 0 Å². The Morgan fingerprint density at radius 2 is 2.17 bits per heavy atom. The summed E-state index contributed by atoms with van der Waals surface area (Å²) in [6, 6.07) is 1.73. The molecule has 0 N–H and O–H groups in total. The molecule has 1 fully saturated rings. The molecular weight excluding hydrogens is 274 g/mol. The van der Waals surface area contributed by atoms with Crippen molar-refractivity contribution < 1.29 is 8.42 Å². The summed E-state index contributed by atoms with van der Waals surface area (Å²) in [7, 11) is -3.13. The number of piperidine rings is 1. The van der Waals surface area contributed by atoms with E-state index in [0.717, 1.165) is 18.5 Å². The van der Waals surface area contributed by atoms with Crippen LogP contribution < -0.4 is 0 Å². The second-order valence-corrected chi connectivity index (χ2v) is 6.99. The Hall–Kier alpha value is -0.720. The molecule has 0 bridgehead atoms. The Morgan fingerprint density at radius 1 is 1.44 bits per heavy atom. The van der Waals surface area contributed by atoms with Crippen molar-refractivity contribution in [2.24, 2.45) is 0 Å². The molecule has 1 unspecified atom stereocenters. The van der Waals surface area contributed by atoms with Crippen LogP contribution in [0, 0.1) is 6.92 Å². The van der Waals surface area contributed by atoms with Gasteiger partial charge in [0.2, 0.25) is 10.0 Å². The lowest BCUT2D eigenvalue weighted by atomic mass is 9.96. The summed E-state index contributed by atoms with van der Waals surface area (Å²) in [6.45, 7) is 2.85. The summed E-state index contributed by atoms with van der Waals surface area (Å²) < 4.78 is 24.6. The molecule has 1 aliphatic heterocycles. The molecule has 0 saturated carbocycles. The summed E-state index contributed by atoms with van der Waals surface area (Å²) >= 11 is 5.91. The highest BCUT2D eigenvalue weighted by molar-refractivity contribution is 7.88. The molecule has 0 spiro atoms. The van der Waals surface area contributed by atoms with Gasteiger partial charge in [-0.05, 0) is 25.8 Å². The van der Waals surface area contributed by atoms with Crippen molar-refractivity contribution in [2.75, 3.05) is 19.3 Å². The van der Waals surface area contributed by atoms with Crippen LogP contribution in [0.1, 0.15) is 30.3 Å². The fourth-order valence-corrected chi connectivity index (χ4v) is 3.39. The highest BCUT2D eigenvalue weighted by Crippen LogP contribution is 2.27. The van der Waals surface area contributed by atoms with E-state index >= 15 is 0 Å². The maximum absolute atomic E-state index is 11.6. The number of halogens is 1. The Kier molecular flexibility index (Phi) is 3.89. The van der Waals surface area contributed by atoms with E-state index in [1.54, 1.807) is 13.0 Å². The fourth-order valence-electron chi connectivity index (χ4n) is 2.25. The zero-order valence-corrected chi connectivity index (χ0v) is 12.0. The highest BCUT2D eigenvalue weighted by atomic mass is 35.5. The maximum atomic E-state index is 11.6. The van der Waals surface area contributed by atoms with E-state index < -0.39 is 10.0 Å². The summed E-state index contributed by atoms with van der Waals surface area (Å²) in [5, 5.41) is 0.411. The average molecular weight is 290 g/mol. The molecule has 18 heavy (non-hydrogen) atoms. The lowest BCUT2D eigenvalue weighted by Crippen LogP contribution is -2.38. The number of hydrogen-bond donors (Lipinski definition) is 0. The lowest BCUT2D eigenvalue weighted by Gasteiger charge is -2.30. The van der Waals surface area contributed by atoms with E-state index in [1.807, 2.05) is 0 Å². The first-order valence-electron chi connectivity index (χ1n) is 5.82. The molecule has 1 aromatic rings. The minimum absolute atomic E-state index is 0.104. The third-order valence-electron chi connectivity index (χ3n) is 3.10. The number of sulfonamides is 1. The molecule has 1 atom stereocenters. The first-order valence-corrected chi connectivity index (χ1v) is 8.05. The third-order valence-corrected chi connectivity index (χ3v) is 4.56. The highest BCUT2D eigenvalue weighted by Gasteiger charge is 2.27. The van der Waals surface area contributed by atoms with Gasteiger partial charge in [-0.1, -0.05) is 11.6 Å². The molecule has 0 aromatic carbocycles. The molecule has 7 heteroatoms. The summed E-state index contributed by atoms with van der Waals surface area (Å²) in [5.41, 5.74) is 0.834. The van der Waals surface area contributed by atoms with E-state index in [4.69, 9.17) is 11.6 Å². The van der Waals surface area contributed by atoms with Gasteiger partial charge in [0.05, 0.1) is 6.26 Å². The van der Waals surface area contributed by atoms with Crippen LogP contribution in [0.2, 0.25) is 5.15 Å². The van der Waals surface area contributed by atoms with Crippen molar-refractivity contribution in [3.05, 3.63) is 22.7 Å². The summed E-state index contributed by atoms with van der Waals surface area (Å²) in [6.07, 6.45) is 3.02. The first kappa shape index (κ1) is 13.7. The normalized spacial score (nSPS) is 22.1. The van der Waals surface area contributed by atoms with Crippen LogP contribution >= 0.6 is 11.6 Å². The van der Waals surface area contributed by atoms with Crippen molar-refractivity contribution in [3.63, 3.8) is 0 Å². The topological polar surface area (TPSA) is 63.2 Å². The standard InChI is InChI=1S/C11H16ClN3O2S/c1-8-13-10(6-11(12)14-8)9-4-3-5-15(7-9)18(2,16)17/h6,9H,3-5,7H2,1-2H3. The van der Waals surface area contributed by atoms with Crippen LogP contribution in [0.15, 0.2) is 6.07 Å². The monoisotopic (exact) mass is 289 g/mol. The van der Waals surface area contributed by atoms with Crippen molar-refractivity contribution in [1.29, 1.82) is 0 Å². The zero-order chi connectivity index (χ0) is 13.3. The van der Waals surface area contributed by atoms with Gasteiger partial charge in [0.25, 0.3) is 0 Å². The van der Waals surface area contributed by atoms with E-state index in [0.29, 0.717) is 24.1 Å². The average Bonchev–Trinajstić information content (AvgIpc) is 2.27. The molecule has 2 rings (SSSR count). The quantitative estimate of drug-likeness (QED) is 0.776. The molecule has 2 heterocycles. The number of aromatic nitrogens is 2. The van der Waals surface area contributed by atoms with Gasteiger partial charge < -0.3 is 0 Å². The lowest BCUT2D eigenvalue weighted by molar-refractivity contribution is 0.314. The number of rotatable bonds is 2. The number of nitrogens with zero attached hydrogens (tertiary/aromatic N) is 3. The largest absolute Gasteiger partial charge is 0.238 e. The Bertz CT molecular complexity index is 527. The molecule has 0 radical (unpaired) electrons. The predicted molar refractivity (Wildman–Crippen MR) is 70.2 cm³/mol. The maximum Gasteiger partial charge on any atom is 0.211 e. The van der Waals surface area contributed by atoms with E-state index in [-0.39, 0.29) is 5.92 Å². The second kappa shape index (κ2) is 5.11. The number of hydrogen-bond acceptors (Lipinski definition) is 4. The molecule has 0 aliphatic carbocycles. The second-order valence-electron chi connectivity index (χ2n) is 4.62. The van der Waals surface area contributed by atoms with Gasteiger partial charge in [0.1, 0.15) is 11.0 Å². The molecule has 1 aliphatic rings. The molecular formula is C11H16ClN3O2S. The Balaban J connectivity index is 2.23. The number of aryl methyl sites for hydroxylation is 1. The third kappa shape index (κ3) is 3.18.